The van der Waals surface area contributed by atoms with Crippen LogP contribution in [0.2, 0.25) is 5.02 Å². The second-order valence-electron chi connectivity index (χ2n) is 5.11. The lowest BCUT2D eigenvalue weighted by Gasteiger charge is -2.10. The van der Waals surface area contributed by atoms with Crippen molar-refractivity contribution in [3.63, 3.8) is 0 Å². The van der Waals surface area contributed by atoms with Crippen LogP contribution in [-0.4, -0.2) is 25.8 Å². The molecule has 0 unspecified atom stereocenters. The Bertz CT molecular complexity index is 968. The van der Waals surface area contributed by atoms with Gasteiger partial charge in [0.1, 0.15) is 12.1 Å². The van der Waals surface area contributed by atoms with Gasteiger partial charge in [-0.15, -0.1) is 0 Å². The third-order valence-electron chi connectivity index (χ3n) is 3.31. The molecule has 10 nitrogen and oxygen atoms in total. The summed E-state index contributed by atoms with van der Waals surface area (Å²) >= 11 is 5.77. The fourth-order valence-corrected chi connectivity index (χ4v) is 2.20. The van der Waals surface area contributed by atoms with Gasteiger partial charge in [0.2, 0.25) is 11.6 Å². The van der Waals surface area contributed by atoms with Gasteiger partial charge in [0, 0.05) is 11.8 Å². The van der Waals surface area contributed by atoms with Gasteiger partial charge in [-0.05, 0) is 24.3 Å². The summed E-state index contributed by atoms with van der Waals surface area (Å²) in [7, 11) is 0. The van der Waals surface area contributed by atoms with Crippen LogP contribution in [0, 0.1) is 10.1 Å². The summed E-state index contributed by atoms with van der Waals surface area (Å²) in [6, 6.07) is 11.5. The normalized spacial score (nSPS) is 10.1. The molecule has 0 saturated heterocycles. The molecule has 0 saturated carbocycles. The van der Waals surface area contributed by atoms with Crippen molar-refractivity contribution in [2.75, 3.05) is 10.7 Å². The molecule has 2 aromatic heterocycles. The molecule has 0 radical (unpaired) electrons. The van der Waals surface area contributed by atoms with Crippen molar-refractivity contribution in [1.29, 1.82) is 0 Å². The highest BCUT2D eigenvalue weighted by atomic mass is 35.5. The molecule has 3 N–H and O–H groups in total. The standard InChI is InChI=1S/C16H12ClN7O3/c17-11-6-7-12(18-8-11)21-14-13(24(26)27)15(20-9-19-14)22-23-16(25)10-4-2-1-3-5-10/h1-9H,(H,23,25)(H2,18,19,20,21,22). The highest BCUT2D eigenvalue weighted by molar-refractivity contribution is 6.30. The van der Waals surface area contributed by atoms with Gasteiger partial charge >= 0.3 is 5.69 Å². The molecule has 3 rings (SSSR count). The Morgan fingerprint density at radius 3 is 2.44 bits per heavy atom. The van der Waals surface area contributed by atoms with Gasteiger partial charge < -0.3 is 5.32 Å². The average Bonchev–Trinajstić information content (AvgIpc) is 2.68. The van der Waals surface area contributed by atoms with Gasteiger partial charge in [-0.25, -0.2) is 15.0 Å². The molecule has 0 spiro atoms. The van der Waals surface area contributed by atoms with Crippen molar-refractivity contribution in [3.8, 4) is 0 Å². The van der Waals surface area contributed by atoms with Gasteiger partial charge in [0.25, 0.3) is 5.91 Å². The van der Waals surface area contributed by atoms with Crippen molar-refractivity contribution >= 4 is 40.6 Å². The van der Waals surface area contributed by atoms with Crippen molar-refractivity contribution in [2.24, 2.45) is 0 Å². The topological polar surface area (TPSA) is 135 Å². The maximum atomic E-state index is 12.1. The molecule has 1 amide bonds. The highest BCUT2D eigenvalue weighted by Crippen LogP contribution is 2.30. The van der Waals surface area contributed by atoms with E-state index >= 15 is 0 Å². The van der Waals surface area contributed by atoms with E-state index in [4.69, 9.17) is 11.6 Å². The first-order valence-electron chi connectivity index (χ1n) is 7.54. The number of nitrogens with zero attached hydrogens (tertiary/aromatic N) is 4. The third-order valence-corrected chi connectivity index (χ3v) is 3.53. The van der Waals surface area contributed by atoms with Crippen LogP contribution < -0.4 is 16.2 Å². The monoisotopic (exact) mass is 385 g/mol. The van der Waals surface area contributed by atoms with Gasteiger partial charge in [-0.1, -0.05) is 29.8 Å². The number of nitro groups is 1. The zero-order valence-electron chi connectivity index (χ0n) is 13.6. The zero-order chi connectivity index (χ0) is 19.2. The van der Waals surface area contributed by atoms with Crippen LogP contribution >= 0.6 is 11.6 Å². The maximum absolute atomic E-state index is 12.1. The number of aromatic nitrogens is 3. The fraction of sp³-hybridized carbons (Fsp3) is 0. The van der Waals surface area contributed by atoms with E-state index in [0.717, 1.165) is 6.33 Å². The smallest absolute Gasteiger partial charge is 0.319 e. The molecule has 2 heterocycles. The van der Waals surface area contributed by atoms with Crippen molar-refractivity contribution in [3.05, 3.63) is 75.7 Å². The van der Waals surface area contributed by atoms with Gasteiger partial charge in [-0.3, -0.25) is 25.8 Å². The second-order valence-corrected chi connectivity index (χ2v) is 5.54. The van der Waals surface area contributed by atoms with E-state index in [-0.39, 0.29) is 11.6 Å². The number of halogens is 1. The average molecular weight is 386 g/mol. The molecule has 11 heteroatoms. The Labute approximate surface area is 157 Å². The number of rotatable bonds is 6. The van der Waals surface area contributed by atoms with Crippen LogP contribution in [0.5, 0.6) is 0 Å². The molecular weight excluding hydrogens is 374 g/mol. The van der Waals surface area contributed by atoms with E-state index in [1.165, 1.54) is 6.20 Å². The number of amides is 1. The van der Waals surface area contributed by atoms with E-state index in [1.807, 2.05) is 0 Å². The van der Waals surface area contributed by atoms with Crippen molar-refractivity contribution < 1.29 is 9.72 Å². The van der Waals surface area contributed by atoms with Gasteiger partial charge in [0.15, 0.2) is 0 Å². The molecule has 1 aromatic carbocycles. The largest absolute Gasteiger partial charge is 0.355 e. The lowest BCUT2D eigenvalue weighted by atomic mass is 10.2. The van der Waals surface area contributed by atoms with E-state index < -0.39 is 16.5 Å². The Balaban J connectivity index is 1.82. The first kappa shape index (κ1) is 18.0. The van der Waals surface area contributed by atoms with E-state index in [2.05, 4.69) is 31.1 Å². The predicted molar refractivity (Wildman–Crippen MR) is 98.7 cm³/mol. The second kappa shape index (κ2) is 8.06. The highest BCUT2D eigenvalue weighted by Gasteiger charge is 2.24. The number of benzene rings is 1. The number of pyridine rings is 1. The lowest BCUT2D eigenvalue weighted by Crippen LogP contribution is -2.30. The number of hydrazine groups is 1. The summed E-state index contributed by atoms with van der Waals surface area (Å²) in [4.78, 5) is 34.6. The summed E-state index contributed by atoms with van der Waals surface area (Å²) in [5.74, 6) is -0.449. The molecule has 0 fully saturated rings. The quantitative estimate of drug-likeness (QED) is 0.435. The number of nitrogens with one attached hydrogen (secondary N) is 3. The molecule has 0 aliphatic rings. The van der Waals surface area contributed by atoms with Crippen LogP contribution in [0.3, 0.4) is 0 Å². The summed E-state index contributed by atoms with van der Waals surface area (Å²) in [6.07, 6.45) is 2.50. The lowest BCUT2D eigenvalue weighted by molar-refractivity contribution is -0.383. The van der Waals surface area contributed by atoms with E-state index in [1.54, 1.807) is 42.5 Å². The molecule has 0 aliphatic carbocycles. The van der Waals surface area contributed by atoms with Crippen LogP contribution in [0.4, 0.5) is 23.1 Å². The molecule has 0 atom stereocenters. The minimum atomic E-state index is -0.671. The summed E-state index contributed by atoms with van der Waals surface area (Å²) < 4.78 is 0. The van der Waals surface area contributed by atoms with E-state index in [0.29, 0.717) is 16.4 Å². The molecule has 0 bridgehead atoms. The zero-order valence-corrected chi connectivity index (χ0v) is 14.3. The Morgan fingerprint density at radius 1 is 1.04 bits per heavy atom. The van der Waals surface area contributed by atoms with Crippen LogP contribution in [0.1, 0.15) is 10.4 Å². The predicted octanol–water partition coefficient (Wildman–Crippen LogP) is 2.93. The van der Waals surface area contributed by atoms with Gasteiger partial charge in [-0.2, -0.15) is 0 Å². The SMILES string of the molecule is O=C(NNc1ncnc(Nc2ccc(Cl)cn2)c1[N+](=O)[O-])c1ccccc1. The molecule has 27 heavy (non-hydrogen) atoms. The molecule has 0 aliphatic heterocycles. The maximum Gasteiger partial charge on any atom is 0.355 e. The number of hydrogen-bond acceptors (Lipinski definition) is 8. The number of carbonyl (C=O) groups is 1. The molecule has 136 valence electrons. The number of hydrogen-bond donors (Lipinski definition) is 3. The summed E-state index contributed by atoms with van der Waals surface area (Å²) in [6.45, 7) is 0. The minimum Gasteiger partial charge on any atom is -0.319 e. The summed E-state index contributed by atoms with van der Waals surface area (Å²) in [5, 5.41) is 14.6. The van der Waals surface area contributed by atoms with Crippen LogP contribution in [0.15, 0.2) is 55.0 Å². The number of anilines is 3. The third kappa shape index (κ3) is 4.44. The first-order valence-corrected chi connectivity index (χ1v) is 7.92. The fourth-order valence-electron chi connectivity index (χ4n) is 2.08. The first-order chi connectivity index (χ1) is 13.0. The number of carbonyl (C=O) groups excluding carboxylic acids is 1. The van der Waals surface area contributed by atoms with Gasteiger partial charge in [0.05, 0.1) is 9.95 Å². The Morgan fingerprint density at radius 2 is 1.78 bits per heavy atom. The minimum absolute atomic E-state index is 0.0960. The van der Waals surface area contributed by atoms with Crippen LogP contribution in [0.25, 0.3) is 0 Å². The summed E-state index contributed by atoms with van der Waals surface area (Å²) in [5.41, 5.74) is 4.74. The Hall–Kier alpha value is -3.79. The molecule has 3 aromatic rings. The van der Waals surface area contributed by atoms with Crippen molar-refractivity contribution in [1.82, 2.24) is 20.4 Å². The Kier molecular flexibility index (Phi) is 5.38. The molecular formula is C16H12ClN7O3. The van der Waals surface area contributed by atoms with Crippen LogP contribution in [-0.2, 0) is 0 Å². The van der Waals surface area contributed by atoms with Crippen molar-refractivity contribution in [2.45, 2.75) is 0 Å². The van der Waals surface area contributed by atoms with E-state index in [9.17, 15) is 14.9 Å².